The number of hydrogen-bond donors (Lipinski definition) is 2. The molecular weight excluding hydrogens is 261 g/mol. The lowest BCUT2D eigenvalue weighted by Gasteiger charge is -2.27. The molecule has 1 fully saturated rings. The molecule has 6 heteroatoms. The number of carbonyl (C=O) groups is 2. The van der Waals surface area contributed by atoms with E-state index in [1.54, 1.807) is 11.0 Å². The van der Waals surface area contributed by atoms with Gasteiger partial charge in [-0.05, 0) is 12.1 Å². The molecule has 108 valence electrons. The molecule has 2 amide bonds. The van der Waals surface area contributed by atoms with E-state index in [-0.39, 0.29) is 24.4 Å². The van der Waals surface area contributed by atoms with Crippen LogP contribution in [0, 0.1) is 5.82 Å². The smallest absolute Gasteiger partial charge is 0.254 e. The largest absolute Gasteiger partial charge is 0.351 e. The standard InChI is InChI=1S/C14H18FN3O2/c15-12-4-2-1-3-11(12)14(20)17-6-5-13(19)18-9-7-16-8-10-18/h1-4,16H,5-10H2,(H,17,20). The van der Waals surface area contributed by atoms with Gasteiger partial charge in [-0.25, -0.2) is 4.39 Å². The molecule has 2 rings (SSSR count). The summed E-state index contributed by atoms with van der Waals surface area (Å²) in [5.41, 5.74) is 0.00196. The highest BCUT2D eigenvalue weighted by Gasteiger charge is 2.16. The lowest BCUT2D eigenvalue weighted by molar-refractivity contribution is -0.131. The molecule has 0 atom stereocenters. The molecule has 2 N–H and O–H groups in total. The van der Waals surface area contributed by atoms with Crippen LogP contribution in [0.4, 0.5) is 4.39 Å². The first kappa shape index (κ1) is 14.5. The molecule has 0 saturated carbocycles. The van der Waals surface area contributed by atoms with E-state index >= 15 is 0 Å². The zero-order valence-electron chi connectivity index (χ0n) is 11.2. The fourth-order valence-corrected chi connectivity index (χ4v) is 2.10. The Morgan fingerprint density at radius 1 is 1.25 bits per heavy atom. The lowest BCUT2D eigenvalue weighted by atomic mass is 10.2. The lowest BCUT2D eigenvalue weighted by Crippen LogP contribution is -2.47. The number of nitrogens with zero attached hydrogens (tertiary/aromatic N) is 1. The van der Waals surface area contributed by atoms with Crippen molar-refractivity contribution in [2.75, 3.05) is 32.7 Å². The summed E-state index contributed by atoms with van der Waals surface area (Å²) in [7, 11) is 0. The SMILES string of the molecule is O=C(NCCC(=O)N1CCNCC1)c1ccccc1F. The number of nitrogens with one attached hydrogen (secondary N) is 2. The van der Waals surface area contributed by atoms with Gasteiger partial charge in [0.2, 0.25) is 5.91 Å². The monoisotopic (exact) mass is 279 g/mol. The summed E-state index contributed by atoms with van der Waals surface area (Å²) >= 11 is 0. The molecule has 1 aliphatic rings. The normalized spacial score (nSPS) is 14.9. The predicted molar refractivity (Wildman–Crippen MR) is 72.8 cm³/mol. The Balaban J connectivity index is 1.76. The minimum atomic E-state index is -0.557. The maximum atomic E-state index is 13.4. The van der Waals surface area contributed by atoms with Gasteiger partial charge in [-0.2, -0.15) is 0 Å². The first-order chi connectivity index (χ1) is 9.68. The molecule has 0 bridgehead atoms. The molecule has 1 aromatic carbocycles. The molecule has 20 heavy (non-hydrogen) atoms. The van der Waals surface area contributed by atoms with Crippen LogP contribution in [0.1, 0.15) is 16.8 Å². The molecule has 1 heterocycles. The summed E-state index contributed by atoms with van der Waals surface area (Å²) in [4.78, 5) is 25.4. The third kappa shape index (κ3) is 3.77. The van der Waals surface area contributed by atoms with Gasteiger partial charge in [-0.15, -0.1) is 0 Å². The summed E-state index contributed by atoms with van der Waals surface area (Å²) in [6, 6.07) is 5.79. The number of benzene rings is 1. The van der Waals surface area contributed by atoms with Crippen molar-refractivity contribution in [1.29, 1.82) is 0 Å². The van der Waals surface area contributed by atoms with Crippen LogP contribution in [-0.4, -0.2) is 49.4 Å². The van der Waals surface area contributed by atoms with Crippen molar-refractivity contribution in [3.63, 3.8) is 0 Å². The van der Waals surface area contributed by atoms with E-state index in [0.29, 0.717) is 13.1 Å². The molecule has 0 aromatic heterocycles. The second-order valence-electron chi connectivity index (χ2n) is 4.62. The van der Waals surface area contributed by atoms with Gasteiger partial charge in [0, 0.05) is 39.1 Å². The van der Waals surface area contributed by atoms with E-state index in [4.69, 9.17) is 0 Å². The van der Waals surface area contributed by atoms with Crippen LogP contribution in [0.15, 0.2) is 24.3 Å². The fourth-order valence-electron chi connectivity index (χ4n) is 2.10. The van der Waals surface area contributed by atoms with Crippen molar-refractivity contribution in [3.05, 3.63) is 35.6 Å². The van der Waals surface area contributed by atoms with Crippen LogP contribution < -0.4 is 10.6 Å². The summed E-state index contributed by atoms with van der Waals surface area (Å²) in [5.74, 6) is -1.03. The quantitative estimate of drug-likeness (QED) is 0.837. The number of rotatable bonds is 4. The molecule has 1 aromatic rings. The highest BCUT2D eigenvalue weighted by atomic mass is 19.1. The fraction of sp³-hybridized carbons (Fsp3) is 0.429. The Morgan fingerprint density at radius 3 is 2.65 bits per heavy atom. The summed E-state index contributed by atoms with van der Waals surface area (Å²) in [6.45, 7) is 3.21. The number of amides is 2. The van der Waals surface area contributed by atoms with Crippen molar-refractivity contribution in [3.8, 4) is 0 Å². The average Bonchev–Trinajstić information content (AvgIpc) is 2.48. The number of hydrogen-bond acceptors (Lipinski definition) is 3. The van der Waals surface area contributed by atoms with Crippen LogP contribution in [-0.2, 0) is 4.79 Å². The third-order valence-electron chi connectivity index (χ3n) is 3.21. The molecule has 1 saturated heterocycles. The summed E-state index contributed by atoms with van der Waals surface area (Å²) in [6.07, 6.45) is 0.236. The van der Waals surface area contributed by atoms with Gasteiger partial charge in [0.05, 0.1) is 5.56 Å². The van der Waals surface area contributed by atoms with Gasteiger partial charge in [-0.3, -0.25) is 9.59 Å². The predicted octanol–water partition coefficient (Wildman–Crippen LogP) is 0.377. The van der Waals surface area contributed by atoms with Crippen molar-refractivity contribution in [1.82, 2.24) is 15.5 Å². The maximum absolute atomic E-state index is 13.4. The van der Waals surface area contributed by atoms with Crippen LogP contribution in [0.2, 0.25) is 0 Å². The zero-order valence-corrected chi connectivity index (χ0v) is 11.2. The van der Waals surface area contributed by atoms with Gasteiger partial charge in [-0.1, -0.05) is 12.1 Å². The van der Waals surface area contributed by atoms with Crippen LogP contribution in [0.25, 0.3) is 0 Å². The van der Waals surface area contributed by atoms with E-state index in [1.165, 1.54) is 18.2 Å². The van der Waals surface area contributed by atoms with E-state index in [9.17, 15) is 14.0 Å². The second kappa shape index (κ2) is 7.00. The minimum Gasteiger partial charge on any atom is -0.351 e. The second-order valence-corrected chi connectivity index (χ2v) is 4.62. The Hall–Kier alpha value is -1.95. The van der Waals surface area contributed by atoms with Gasteiger partial charge in [0.1, 0.15) is 5.82 Å². The van der Waals surface area contributed by atoms with Crippen LogP contribution >= 0.6 is 0 Å². The van der Waals surface area contributed by atoms with Gasteiger partial charge < -0.3 is 15.5 Å². The minimum absolute atomic E-state index is 0.00196. The molecule has 0 aliphatic carbocycles. The number of halogens is 1. The summed E-state index contributed by atoms with van der Waals surface area (Å²) < 4.78 is 13.4. The van der Waals surface area contributed by atoms with Crippen molar-refractivity contribution in [2.24, 2.45) is 0 Å². The van der Waals surface area contributed by atoms with E-state index in [1.807, 2.05) is 0 Å². The van der Waals surface area contributed by atoms with Gasteiger partial charge >= 0.3 is 0 Å². The molecule has 5 nitrogen and oxygen atoms in total. The average molecular weight is 279 g/mol. The Kier molecular flexibility index (Phi) is 5.06. The molecule has 0 spiro atoms. The van der Waals surface area contributed by atoms with Crippen LogP contribution in [0.5, 0.6) is 0 Å². The third-order valence-corrected chi connectivity index (χ3v) is 3.21. The zero-order chi connectivity index (χ0) is 14.4. The molecule has 0 radical (unpaired) electrons. The maximum Gasteiger partial charge on any atom is 0.254 e. The van der Waals surface area contributed by atoms with Crippen molar-refractivity contribution in [2.45, 2.75) is 6.42 Å². The van der Waals surface area contributed by atoms with Crippen LogP contribution in [0.3, 0.4) is 0 Å². The Labute approximate surface area is 117 Å². The first-order valence-corrected chi connectivity index (χ1v) is 6.69. The number of piperazine rings is 1. The van der Waals surface area contributed by atoms with Crippen molar-refractivity contribution >= 4 is 11.8 Å². The molecular formula is C14H18FN3O2. The number of carbonyl (C=O) groups excluding carboxylic acids is 2. The van der Waals surface area contributed by atoms with E-state index < -0.39 is 11.7 Å². The first-order valence-electron chi connectivity index (χ1n) is 6.69. The Morgan fingerprint density at radius 2 is 1.95 bits per heavy atom. The Bertz CT molecular complexity index is 487. The van der Waals surface area contributed by atoms with E-state index in [0.717, 1.165) is 13.1 Å². The topological polar surface area (TPSA) is 61.4 Å². The molecule has 1 aliphatic heterocycles. The van der Waals surface area contributed by atoms with Gasteiger partial charge in [0.25, 0.3) is 5.91 Å². The molecule has 0 unspecified atom stereocenters. The highest BCUT2D eigenvalue weighted by molar-refractivity contribution is 5.94. The van der Waals surface area contributed by atoms with E-state index in [2.05, 4.69) is 10.6 Å². The summed E-state index contributed by atoms with van der Waals surface area (Å²) in [5, 5.41) is 5.73. The highest BCUT2D eigenvalue weighted by Crippen LogP contribution is 2.05. The van der Waals surface area contributed by atoms with Gasteiger partial charge in [0.15, 0.2) is 0 Å². The van der Waals surface area contributed by atoms with Crippen molar-refractivity contribution < 1.29 is 14.0 Å².